The predicted octanol–water partition coefficient (Wildman–Crippen LogP) is 2.90. The Hall–Kier alpha value is -1.96. The molecule has 0 heterocycles. The smallest absolute Gasteiger partial charge is 0.262 e. The Bertz CT molecular complexity index is 647. The van der Waals surface area contributed by atoms with Gasteiger partial charge in [0.2, 0.25) is 0 Å². The molecular formula is C15H15IN2O3. The normalized spacial score (nSPS) is 10.0. The number of nitrogens with two attached hydrogens (primary N) is 1. The molecule has 6 heteroatoms. The number of carbonyl (C=O) groups excluding carboxylic acids is 1. The maximum absolute atomic E-state index is 11.9. The van der Waals surface area contributed by atoms with Crippen molar-refractivity contribution in [3.05, 3.63) is 46.0 Å². The minimum atomic E-state index is -0.279. The highest BCUT2D eigenvalue weighted by Crippen LogP contribution is 2.26. The van der Waals surface area contributed by atoms with Gasteiger partial charge < -0.3 is 20.5 Å². The standard InChI is InChI=1S/C15H15IN2O3/c1-20-14-7-6-10(17)8-12(14)18-15(19)9-21-13-5-3-2-4-11(13)16/h2-8H,9,17H2,1H3,(H,18,19). The molecule has 110 valence electrons. The van der Waals surface area contributed by atoms with Gasteiger partial charge in [-0.3, -0.25) is 4.79 Å². The molecule has 0 saturated heterocycles. The van der Waals surface area contributed by atoms with Gasteiger partial charge >= 0.3 is 0 Å². The fourth-order valence-electron chi connectivity index (χ4n) is 1.71. The average molecular weight is 398 g/mol. The van der Waals surface area contributed by atoms with Crippen LogP contribution in [0.25, 0.3) is 0 Å². The van der Waals surface area contributed by atoms with Crippen molar-refractivity contribution < 1.29 is 14.3 Å². The van der Waals surface area contributed by atoms with E-state index in [2.05, 4.69) is 27.9 Å². The van der Waals surface area contributed by atoms with E-state index in [0.29, 0.717) is 22.9 Å². The van der Waals surface area contributed by atoms with Crippen molar-refractivity contribution in [2.75, 3.05) is 24.8 Å². The molecule has 3 N–H and O–H groups in total. The second-order valence-corrected chi connectivity index (χ2v) is 5.39. The first-order valence-corrected chi connectivity index (χ1v) is 7.28. The van der Waals surface area contributed by atoms with Crippen LogP contribution in [0, 0.1) is 3.57 Å². The first kappa shape index (κ1) is 15.4. The maximum Gasteiger partial charge on any atom is 0.262 e. The van der Waals surface area contributed by atoms with Crippen molar-refractivity contribution in [1.82, 2.24) is 0 Å². The summed E-state index contributed by atoms with van der Waals surface area (Å²) in [6.45, 7) is -0.0853. The van der Waals surface area contributed by atoms with Gasteiger partial charge in [-0.1, -0.05) is 12.1 Å². The minimum Gasteiger partial charge on any atom is -0.495 e. The Morgan fingerprint density at radius 3 is 2.71 bits per heavy atom. The van der Waals surface area contributed by atoms with E-state index in [1.54, 1.807) is 18.2 Å². The van der Waals surface area contributed by atoms with Gasteiger partial charge in [-0.05, 0) is 52.9 Å². The Morgan fingerprint density at radius 2 is 2.00 bits per heavy atom. The van der Waals surface area contributed by atoms with E-state index < -0.39 is 0 Å². The molecule has 0 unspecified atom stereocenters. The van der Waals surface area contributed by atoms with Crippen molar-refractivity contribution in [2.24, 2.45) is 0 Å². The van der Waals surface area contributed by atoms with Crippen LogP contribution in [-0.4, -0.2) is 19.6 Å². The lowest BCUT2D eigenvalue weighted by Gasteiger charge is -2.12. The number of halogens is 1. The number of carbonyl (C=O) groups is 1. The van der Waals surface area contributed by atoms with Gasteiger partial charge in [0.15, 0.2) is 6.61 Å². The molecule has 0 atom stereocenters. The van der Waals surface area contributed by atoms with Crippen LogP contribution < -0.4 is 20.5 Å². The van der Waals surface area contributed by atoms with Crippen LogP contribution in [0.3, 0.4) is 0 Å². The number of nitrogens with one attached hydrogen (secondary N) is 1. The highest BCUT2D eigenvalue weighted by Gasteiger charge is 2.09. The SMILES string of the molecule is COc1ccc(N)cc1NC(=O)COc1ccccc1I. The summed E-state index contributed by atoms with van der Waals surface area (Å²) in [4.78, 5) is 11.9. The monoisotopic (exact) mass is 398 g/mol. The number of anilines is 2. The summed E-state index contributed by atoms with van der Waals surface area (Å²) in [5.74, 6) is 0.943. The molecule has 0 saturated carbocycles. The summed E-state index contributed by atoms with van der Waals surface area (Å²) in [6, 6.07) is 12.5. The molecule has 0 aliphatic heterocycles. The molecule has 0 spiro atoms. The molecule has 0 aliphatic carbocycles. The van der Waals surface area contributed by atoms with Crippen molar-refractivity contribution in [3.8, 4) is 11.5 Å². The lowest BCUT2D eigenvalue weighted by atomic mass is 10.2. The van der Waals surface area contributed by atoms with E-state index in [1.807, 2.05) is 24.3 Å². The van der Waals surface area contributed by atoms with Gasteiger partial charge in [0, 0.05) is 5.69 Å². The summed E-state index contributed by atoms with van der Waals surface area (Å²) in [5.41, 5.74) is 6.77. The zero-order chi connectivity index (χ0) is 15.2. The molecule has 0 radical (unpaired) electrons. The minimum absolute atomic E-state index is 0.0853. The number of hydrogen-bond donors (Lipinski definition) is 2. The van der Waals surface area contributed by atoms with Gasteiger partial charge in [0.25, 0.3) is 5.91 Å². The van der Waals surface area contributed by atoms with Crippen LogP contribution in [0.1, 0.15) is 0 Å². The number of hydrogen-bond acceptors (Lipinski definition) is 4. The van der Waals surface area contributed by atoms with Gasteiger partial charge in [-0.25, -0.2) is 0 Å². The zero-order valence-corrected chi connectivity index (χ0v) is 13.6. The maximum atomic E-state index is 11.9. The van der Waals surface area contributed by atoms with Crippen LogP contribution in [0.4, 0.5) is 11.4 Å². The molecule has 2 rings (SSSR count). The zero-order valence-electron chi connectivity index (χ0n) is 11.4. The average Bonchev–Trinajstić information content (AvgIpc) is 2.47. The summed E-state index contributed by atoms with van der Waals surface area (Å²) in [6.07, 6.45) is 0. The van der Waals surface area contributed by atoms with Crippen LogP contribution in [-0.2, 0) is 4.79 Å². The topological polar surface area (TPSA) is 73.6 Å². The molecule has 2 aromatic rings. The summed E-state index contributed by atoms with van der Waals surface area (Å²) < 4.78 is 11.6. The van der Waals surface area contributed by atoms with Crippen molar-refractivity contribution >= 4 is 39.9 Å². The third-order valence-electron chi connectivity index (χ3n) is 2.69. The second-order valence-electron chi connectivity index (χ2n) is 4.23. The number of nitrogen functional groups attached to an aromatic ring is 1. The molecule has 0 aromatic heterocycles. The highest BCUT2D eigenvalue weighted by molar-refractivity contribution is 14.1. The van der Waals surface area contributed by atoms with E-state index in [0.717, 1.165) is 3.57 Å². The quantitative estimate of drug-likeness (QED) is 0.600. The molecule has 0 fully saturated rings. The van der Waals surface area contributed by atoms with E-state index in [-0.39, 0.29) is 12.5 Å². The Balaban J connectivity index is 1.99. The first-order valence-electron chi connectivity index (χ1n) is 6.21. The number of ether oxygens (including phenoxy) is 2. The molecule has 1 amide bonds. The predicted molar refractivity (Wildman–Crippen MR) is 90.7 cm³/mol. The summed E-state index contributed by atoms with van der Waals surface area (Å²) >= 11 is 2.15. The van der Waals surface area contributed by atoms with Crippen LogP contribution >= 0.6 is 22.6 Å². The van der Waals surface area contributed by atoms with E-state index in [1.165, 1.54) is 7.11 Å². The van der Waals surface area contributed by atoms with Gasteiger partial charge in [-0.15, -0.1) is 0 Å². The molecule has 2 aromatic carbocycles. The number of amides is 1. The number of benzene rings is 2. The van der Waals surface area contributed by atoms with Crippen molar-refractivity contribution in [3.63, 3.8) is 0 Å². The first-order chi connectivity index (χ1) is 10.1. The highest BCUT2D eigenvalue weighted by atomic mass is 127. The third-order valence-corrected chi connectivity index (χ3v) is 3.58. The van der Waals surface area contributed by atoms with E-state index in [4.69, 9.17) is 15.2 Å². The number of methoxy groups -OCH3 is 1. The fraction of sp³-hybridized carbons (Fsp3) is 0.133. The fourth-order valence-corrected chi connectivity index (χ4v) is 2.26. The third kappa shape index (κ3) is 4.25. The Morgan fingerprint density at radius 1 is 1.24 bits per heavy atom. The Labute approximate surface area is 136 Å². The van der Waals surface area contributed by atoms with Gasteiger partial charge in [0.05, 0.1) is 16.4 Å². The van der Waals surface area contributed by atoms with Crippen molar-refractivity contribution in [2.45, 2.75) is 0 Å². The molecular weight excluding hydrogens is 383 g/mol. The van der Waals surface area contributed by atoms with Crippen LogP contribution in [0.2, 0.25) is 0 Å². The molecule has 21 heavy (non-hydrogen) atoms. The van der Waals surface area contributed by atoms with Crippen molar-refractivity contribution in [1.29, 1.82) is 0 Å². The lowest BCUT2D eigenvalue weighted by Crippen LogP contribution is -2.20. The molecule has 0 bridgehead atoms. The van der Waals surface area contributed by atoms with Gasteiger partial charge in [-0.2, -0.15) is 0 Å². The molecule has 5 nitrogen and oxygen atoms in total. The molecule has 0 aliphatic rings. The van der Waals surface area contributed by atoms with E-state index in [9.17, 15) is 4.79 Å². The van der Waals surface area contributed by atoms with Gasteiger partial charge in [0.1, 0.15) is 11.5 Å². The summed E-state index contributed by atoms with van der Waals surface area (Å²) in [5, 5.41) is 2.72. The summed E-state index contributed by atoms with van der Waals surface area (Å²) in [7, 11) is 1.53. The Kier molecular flexibility index (Phi) is 5.26. The van der Waals surface area contributed by atoms with Crippen LogP contribution in [0.5, 0.6) is 11.5 Å². The lowest BCUT2D eigenvalue weighted by molar-refractivity contribution is -0.118. The second kappa shape index (κ2) is 7.16. The largest absolute Gasteiger partial charge is 0.495 e. The van der Waals surface area contributed by atoms with E-state index >= 15 is 0 Å². The van der Waals surface area contributed by atoms with Crippen LogP contribution in [0.15, 0.2) is 42.5 Å². The number of para-hydroxylation sites is 1. The number of rotatable bonds is 5.